The van der Waals surface area contributed by atoms with Crippen LogP contribution in [-0.2, 0) is 6.54 Å². The average molecular weight is 247 g/mol. The van der Waals surface area contributed by atoms with Gasteiger partial charge in [0.2, 0.25) is 0 Å². The number of rotatable bonds is 2. The van der Waals surface area contributed by atoms with E-state index in [0.717, 1.165) is 10.9 Å². The van der Waals surface area contributed by atoms with E-state index in [0.29, 0.717) is 12.1 Å². The lowest BCUT2D eigenvalue weighted by atomic mass is 10.1. The number of hydrogen-bond donors (Lipinski definition) is 2. The minimum absolute atomic E-state index is 0.0285. The van der Waals surface area contributed by atoms with Crippen molar-refractivity contribution in [1.82, 2.24) is 5.32 Å². The first-order chi connectivity index (χ1) is 8.35. The van der Waals surface area contributed by atoms with Gasteiger partial charge in [-0.05, 0) is 38.5 Å². The van der Waals surface area contributed by atoms with Gasteiger partial charge in [0.15, 0.2) is 0 Å². The molecule has 0 spiro atoms. The Bertz CT molecular complexity index is 623. The summed E-state index contributed by atoms with van der Waals surface area (Å²) in [6.45, 7) is 6.77. The number of phenolic OH excluding ortho intramolecular Hbond substituents is 1. The van der Waals surface area contributed by atoms with Crippen LogP contribution in [0, 0.1) is 0 Å². The smallest absolute Gasteiger partial charge is 0.336 e. The van der Waals surface area contributed by atoms with Crippen molar-refractivity contribution in [3.05, 3.63) is 40.2 Å². The van der Waals surface area contributed by atoms with E-state index in [1.165, 1.54) is 12.1 Å². The quantitative estimate of drug-likeness (QED) is 0.800. The predicted octanol–water partition coefficient (Wildman–Crippen LogP) is 2.39. The van der Waals surface area contributed by atoms with E-state index in [9.17, 15) is 9.90 Å². The topological polar surface area (TPSA) is 62.5 Å². The lowest BCUT2D eigenvalue weighted by Gasteiger charge is -2.20. The Morgan fingerprint density at radius 3 is 2.67 bits per heavy atom. The summed E-state index contributed by atoms with van der Waals surface area (Å²) in [5.74, 6) is 0.0894. The molecule has 0 aliphatic heterocycles. The van der Waals surface area contributed by atoms with Crippen LogP contribution in [0.4, 0.5) is 0 Å². The lowest BCUT2D eigenvalue weighted by Crippen LogP contribution is -2.35. The maximum Gasteiger partial charge on any atom is 0.336 e. The Morgan fingerprint density at radius 1 is 1.28 bits per heavy atom. The number of fused-ring (bicyclic) bond motifs is 1. The van der Waals surface area contributed by atoms with Crippen LogP contribution in [0.5, 0.6) is 5.75 Å². The van der Waals surface area contributed by atoms with Gasteiger partial charge in [0.25, 0.3) is 0 Å². The van der Waals surface area contributed by atoms with Gasteiger partial charge in [-0.3, -0.25) is 0 Å². The molecule has 0 saturated heterocycles. The van der Waals surface area contributed by atoms with Crippen LogP contribution in [0.1, 0.15) is 26.3 Å². The summed E-state index contributed by atoms with van der Waals surface area (Å²) in [7, 11) is 0. The largest absolute Gasteiger partial charge is 0.508 e. The molecular weight excluding hydrogens is 230 g/mol. The van der Waals surface area contributed by atoms with E-state index < -0.39 is 5.63 Å². The van der Waals surface area contributed by atoms with Gasteiger partial charge in [-0.15, -0.1) is 0 Å². The molecule has 1 heterocycles. The first kappa shape index (κ1) is 12.6. The van der Waals surface area contributed by atoms with Crippen molar-refractivity contribution in [1.29, 1.82) is 0 Å². The molecule has 2 aromatic rings. The molecule has 1 aromatic heterocycles. The molecule has 4 nitrogen and oxygen atoms in total. The van der Waals surface area contributed by atoms with E-state index in [1.807, 2.05) is 0 Å². The highest BCUT2D eigenvalue weighted by molar-refractivity contribution is 5.81. The normalized spacial score (nSPS) is 11.9. The highest BCUT2D eigenvalue weighted by atomic mass is 16.4. The molecule has 0 atom stereocenters. The monoisotopic (exact) mass is 247 g/mol. The van der Waals surface area contributed by atoms with Gasteiger partial charge >= 0.3 is 5.63 Å². The molecule has 0 aliphatic rings. The lowest BCUT2D eigenvalue weighted by molar-refractivity contribution is 0.423. The van der Waals surface area contributed by atoms with E-state index in [-0.39, 0.29) is 11.3 Å². The zero-order valence-electron chi connectivity index (χ0n) is 10.8. The van der Waals surface area contributed by atoms with Crippen LogP contribution in [-0.4, -0.2) is 10.6 Å². The Hall–Kier alpha value is -1.81. The molecule has 2 rings (SSSR count). The van der Waals surface area contributed by atoms with E-state index in [2.05, 4.69) is 26.1 Å². The zero-order valence-corrected chi connectivity index (χ0v) is 10.8. The van der Waals surface area contributed by atoms with Gasteiger partial charge in [-0.1, -0.05) is 0 Å². The molecule has 0 aliphatic carbocycles. The van der Waals surface area contributed by atoms with Crippen LogP contribution in [0.25, 0.3) is 11.0 Å². The molecule has 1 aromatic carbocycles. The molecule has 0 saturated carbocycles. The predicted molar refractivity (Wildman–Crippen MR) is 70.7 cm³/mol. The summed E-state index contributed by atoms with van der Waals surface area (Å²) in [5.41, 5.74) is 0.849. The Labute approximate surface area is 105 Å². The molecule has 2 N–H and O–H groups in total. The number of nitrogens with one attached hydrogen (secondary N) is 1. The Balaban J connectivity index is 2.46. The molecule has 0 bridgehead atoms. The summed E-state index contributed by atoms with van der Waals surface area (Å²) in [4.78, 5) is 11.5. The van der Waals surface area contributed by atoms with Crippen LogP contribution in [0.3, 0.4) is 0 Å². The van der Waals surface area contributed by atoms with Crippen LogP contribution in [0.15, 0.2) is 33.5 Å². The van der Waals surface area contributed by atoms with E-state index >= 15 is 0 Å². The first-order valence-electron chi connectivity index (χ1n) is 5.86. The molecular formula is C14H17NO3. The minimum Gasteiger partial charge on any atom is -0.508 e. The molecule has 0 unspecified atom stereocenters. The minimum atomic E-state index is -0.404. The van der Waals surface area contributed by atoms with E-state index in [1.54, 1.807) is 12.1 Å². The van der Waals surface area contributed by atoms with Crippen LogP contribution in [0.2, 0.25) is 0 Å². The summed E-state index contributed by atoms with van der Waals surface area (Å²) in [5, 5.41) is 13.6. The van der Waals surface area contributed by atoms with Gasteiger partial charge in [0.05, 0.1) is 0 Å². The summed E-state index contributed by atoms with van der Waals surface area (Å²) < 4.78 is 5.07. The Morgan fingerprint density at radius 2 is 2.00 bits per heavy atom. The van der Waals surface area contributed by atoms with Crippen LogP contribution < -0.4 is 10.9 Å². The fourth-order valence-corrected chi connectivity index (χ4v) is 1.73. The summed E-state index contributed by atoms with van der Waals surface area (Å²) in [6.07, 6.45) is 0. The maximum absolute atomic E-state index is 11.5. The standard InChI is InChI=1S/C14H17NO3/c1-14(2,3)15-8-9-6-13(17)18-12-7-10(16)4-5-11(9)12/h4-7,15-16H,8H2,1-3H3. The first-order valence-corrected chi connectivity index (χ1v) is 5.86. The highest BCUT2D eigenvalue weighted by Crippen LogP contribution is 2.22. The molecule has 0 amide bonds. The van der Waals surface area contributed by atoms with Crippen molar-refractivity contribution < 1.29 is 9.52 Å². The SMILES string of the molecule is CC(C)(C)NCc1cc(=O)oc2cc(O)ccc12. The fourth-order valence-electron chi connectivity index (χ4n) is 1.73. The van der Waals surface area contributed by atoms with Crippen LogP contribution >= 0.6 is 0 Å². The van der Waals surface area contributed by atoms with Crippen molar-refractivity contribution in [2.75, 3.05) is 0 Å². The van der Waals surface area contributed by atoms with Crippen molar-refractivity contribution in [2.24, 2.45) is 0 Å². The van der Waals surface area contributed by atoms with Gasteiger partial charge in [-0.25, -0.2) is 4.79 Å². The summed E-state index contributed by atoms with van der Waals surface area (Å²) >= 11 is 0. The maximum atomic E-state index is 11.5. The zero-order chi connectivity index (χ0) is 13.3. The molecule has 4 heteroatoms. The second-order valence-corrected chi connectivity index (χ2v) is 5.37. The van der Waals surface area contributed by atoms with Gasteiger partial charge in [0, 0.05) is 29.6 Å². The van der Waals surface area contributed by atoms with Crippen molar-refractivity contribution in [3.8, 4) is 5.75 Å². The van der Waals surface area contributed by atoms with Crippen molar-refractivity contribution >= 4 is 11.0 Å². The second-order valence-electron chi connectivity index (χ2n) is 5.37. The van der Waals surface area contributed by atoms with Gasteiger partial charge in [-0.2, -0.15) is 0 Å². The number of hydrogen-bond acceptors (Lipinski definition) is 4. The molecule has 0 radical (unpaired) electrons. The number of phenols is 1. The number of aromatic hydroxyl groups is 1. The fraction of sp³-hybridized carbons (Fsp3) is 0.357. The average Bonchev–Trinajstić information content (AvgIpc) is 2.24. The molecule has 0 fully saturated rings. The van der Waals surface area contributed by atoms with Gasteiger partial charge in [0.1, 0.15) is 11.3 Å². The highest BCUT2D eigenvalue weighted by Gasteiger charge is 2.11. The van der Waals surface area contributed by atoms with Gasteiger partial charge < -0.3 is 14.8 Å². The molecule has 96 valence electrons. The van der Waals surface area contributed by atoms with Crippen molar-refractivity contribution in [2.45, 2.75) is 32.9 Å². The van der Waals surface area contributed by atoms with Crippen molar-refractivity contribution in [3.63, 3.8) is 0 Å². The Kier molecular flexibility index (Phi) is 3.13. The third-order valence-electron chi connectivity index (χ3n) is 2.62. The third kappa shape index (κ3) is 2.90. The molecule has 18 heavy (non-hydrogen) atoms. The summed E-state index contributed by atoms with van der Waals surface area (Å²) in [6, 6.07) is 6.28. The number of benzene rings is 1. The van der Waals surface area contributed by atoms with E-state index in [4.69, 9.17) is 4.42 Å². The second kappa shape index (κ2) is 4.46. The third-order valence-corrected chi connectivity index (χ3v) is 2.62.